The van der Waals surface area contributed by atoms with Crippen molar-refractivity contribution >= 4 is 27.5 Å². The molecule has 0 unspecified atom stereocenters. The van der Waals surface area contributed by atoms with Gasteiger partial charge in [0.05, 0.1) is 11.7 Å². The van der Waals surface area contributed by atoms with E-state index in [2.05, 4.69) is 4.98 Å². The van der Waals surface area contributed by atoms with Crippen molar-refractivity contribution in [3.63, 3.8) is 0 Å². The van der Waals surface area contributed by atoms with Crippen LogP contribution in [0.4, 0.5) is 13.2 Å². The molecule has 5 nitrogen and oxygen atoms in total. The fraction of sp³-hybridized carbons (Fsp3) is 0.300. The summed E-state index contributed by atoms with van der Waals surface area (Å²) in [5.74, 6) is -1.23. The first-order valence-corrected chi connectivity index (χ1v) is 5.81. The molecule has 2 aromatic heterocycles. The molecular formula is C10H7F3N2O3S. The Kier molecular flexibility index (Phi) is 3.09. The first kappa shape index (κ1) is 13.5. The lowest BCUT2D eigenvalue weighted by Gasteiger charge is -2.08. The van der Waals surface area contributed by atoms with Crippen molar-refractivity contribution in [3.8, 4) is 0 Å². The minimum atomic E-state index is -4.54. The molecule has 9 heteroatoms. The average molecular weight is 292 g/mol. The molecule has 0 spiro atoms. The number of thiophene rings is 1. The van der Waals surface area contributed by atoms with Gasteiger partial charge in [0.15, 0.2) is 0 Å². The summed E-state index contributed by atoms with van der Waals surface area (Å²) in [6.07, 6.45) is -3.77. The van der Waals surface area contributed by atoms with Gasteiger partial charge >= 0.3 is 12.1 Å². The van der Waals surface area contributed by atoms with Crippen molar-refractivity contribution in [2.24, 2.45) is 0 Å². The van der Waals surface area contributed by atoms with E-state index in [-0.39, 0.29) is 20.7 Å². The number of carboxylic acids is 1. The zero-order chi connectivity index (χ0) is 14.4. The lowest BCUT2D eigenvalue weighted by Crippen LogP contribution is -2.28. The molecule has 0 fully saturated rings. The second-order valence-electron chi connectivity index (χ2n) is 3.83. The molecule has 0 aliphatic rings. The van der Waals surface area contributed by atoms with Crippen LogP contribution in [0.15, 0.2) is 11.1 Å². The quantitative estimate of drug-likeness (QED) is 0.919. The summed E-state index contributed by atoms with van der Waals surface area (Å²) in [5.41, 5.74) is -0.745. The van der Waals surface area contributed by atoms with E-state index in [1.54, 1.807) is 0 Å². The van der Waals surface area contributed by atoms with Crippen molar-refractivity contribution in [2.45, 2.75) is 19.6 Å². The van der Waals surface area contributed by atoms with Crippen LogP contribution in [-0.4, -0.2) is 26.8 Å². The van der Waals surface area contributed by atoms with Crippen LogP contribution in [-0.2, 0) is 6.54 Å². The number of rotatable bonds is 2. The molecule has 0 aliphatic carbocycles. The molecule has 0 amide bonds. The SMILES string of the molecule is Cc1c(C(=O)O)sc2ncn(CC(F)(F)F)c(=O)c12. The van der Waals surface area contributed by atoms with Gasteiger partial charge in [0, 0.05) is 0 Å². The lowest BCUT2D eigenvalue weighted by atomic mass is 10.2. The zero-order valence-corrected chi connectivity index (χ0v) is 10.3. The summed E-state index contributed by atoms with van der Waals surface area (Å²) in [4.78, 5) is 26.5. The number of aryl methyl sites for hydroxylation is 1. The molecule has 19 heavy (non-hydrogen) atoms. The monoisotopic (exact) mass is 292 g/mol. The Bertz CT molecular complexity index is 717. The van der Waals surface area contributed by atoms with E-state index in [1.807, 2.05) is 0 Å². The van der Waals surface area contributed by atoms with Crippen molar-refractivity contribution in [1.29, 1.82) is 0 Å². The first-order valence-electron chi connectivity index (χ1n) is 4.99. The van der Waals surface area contributed by atoms with Gasteiger partial charge in [0.25, 0.3) is 5.56 Å². The molecule has 1 N–H and O–H groups in total. The van der Waals surface area contributed by atoms with Gasteiger partial charge in [-0.15, -0.1) is 11.3 Å². The number of alkyl halides is 3. The maximum atomic E-state index is 12.3. The van der Waals surface area contributed by atoms with Gasteiger partial charge in [-0.3, -0.25) is 9.36 Å². The van der Waals surface area contributed by atoms with Crippen LogP contribution in [0.25, 0.3) is 10.2 Å². The minimum Gasteiger partial charge on any atom is -0.477 e. The molecule has 0 aliphatic heterocycles. The third-order valence-corrected chi connectivity index (χ3v) is 3.65. The number of carbonyl (C=O) groups is 1. The van der Waals surface area contributed by atoms with E-state index < -0.39 is 24.2 Å². The summed E-state index contributed by atoms with van der Waals surface area (Å²) in [6, 6.07) is 0. The highest BCUT2D eigenvalue weighted by Crippen LogP contribution is 2.27. The van der Waals surface area contributed by atoms with Crippen molar-refractivity contribution in [3.05, 3.63) is 27.1 Å². The standard InChI is InChI=1S/C10H7F3N2O3S/c1-4-5-7(19-6(4)9(17)18)14-3-15(8(5)16)2-10(11,12)13/h3H,2H2,1H3,(H,17,18). The first-order chi connectivity index (χ1) is 8.70. The van der Waals surface area contributed by atoms with Crippen LogP contribution in [0.2, 0.25) is 0 Å². The van der Waals surface area contributed by atoms with Crippen molar-refractivity contribution < 1.29 is 23.1 Å². The van der Waals surface area contributed by atoms with Crippen molar-refractivity contribution in [1.82, 2.24) is 9.55 Å². The molecule has 0 bridgehead atoms. The Balaban J connectivity index is 2.68. The Morgan fingerprint density at radius 1 is 1.53 bits per heavy atom. The molecule has 102 valence electrons. The van der Waals surface area contributed by atoms with Gasteiger partial charge in [0.2, 0.25) is 0 Å². The molecule has 0 radical (unpaired) electrons. The number of nitrogens with zero attached hydrogens (tertiary/aromatic N) is 2. The summed E-state index contributed by atoms with van der Waals surface area (Å²) >= 11 is 0.768. The van der Waals surface area contributed by atoms with E-state index in [9.17, 15) is 22.8 Å². The maximum absolute atomic E-state index is 12.3. The molecule has 0 saturated carbocycles. The molecule has 0 aromatic carbocycles. The van der Waals surface area contributed by atoms with Gasteiger partial charge < -0.3 is 5.11 Å². The number of hydrogen-bond donors (Lipinski definition) is 1. The largest absolute Gasteiger partial charge is 0.477 e. The molecule has 2 rings (SSSR count). The van der Waals surface area contributed by atoms with Gasteiger partial charge in [-0.1, -0.05) is 0 Å². The molecule has 0 atom stereocenters. The number of aromatic carboxylic acids is 1. The van der Waals surface area contributed by atoms with Crippen LogP contribution < -0.4 is 5.56 Å². The van der Waals surface area contributed by atoms with Gasteiger partial charge in [-0.25, -0.2) is 9.78 Å². The fourth-order valence-electron chi connectivity index (χ4n) is 1.67. The average Bonchev–Trinajstić information content (AvgIpc) is 2.59. The van der Waals surface area contributed by atoms with Crippen molar-refractivity contribution in [2.75, 3.05) is 0 Å². The second-order valence-corrected chi connectivity index (χ2v) is 4.83. The predicted molar refractivity (Wildman–Crippen MR) is 61.6 cm³/mol. The Morgan fingerprint density at radius 2 is 2.16 bits per heavy atom. The van der Waals surface area contributed by atoms with Crippen LogP contribution in [0.1, 0.15) is 15.2 Å². The number of carboxylic acid groups (broad SMARTS) is 1. The smallest absolute Gasteiger partial charge is 0.406 e. The molecule has 0 saturated heterocycles. The highest BCUT2D eigenvalue weighted by atomic mass is 32.1. The summed E-state index contributed by atoms with van der Waals surface area (Å²) < 4.78 is 37.3. The maximum Gasteiger partial charge on any atom is 0.406 e. The highest BCUT2D eigenvalue weighted by Gasteiger charge is 2.29. The zero-order valence-electron chi connectivity index (χ0n) is 9.48. The Labute approximate surface area is 107 Å². The topological polar surface area (TPSA) is 72.2 Å². The normalized spacial score (nSPS) is 12.0. The Hall–Kier alpha value is -1.90. The predicted octanol–water partition coefficient (Wildman–Crippen LogP) is 2.03. The fourth-order valence-corrected chi connectivity index (χ4v) is 2.65. The van der Waals surface area contributed by atoms with E-state index in [0.717, 1.165) is 17.7 Å². The van der Waals surface area contributed by atoms with Crippen LogP contribution in [0, 0.1) is 6.92 Å². The van der Waals surface area contributed by atoms with E-state index in [1.165, 1.54) is 6.92 Å². The van der Waals surface area contributed by atoms with Gasteiger partial charge in [0.1, 0.15) is 16.3 Å². The number of fused-ring (bicyclic) bond motifs is 1. The summed E-state index contributed by atoms with van der Waals surface area (Å²) in [6.45, 7) is -0.0737. The van der Waals surface area contributed by atoms with E-state index in [4.69, 9.17) is 5.11 Å². The number of hydrogen-bond acceptors (Lipinski definition) is 4. The van der Waals surface area contributed by atoms with Gasteiger partial charge in [-0.05, 0) is 12.5 Å². The van der Waals surface area contributed by atoms with Crippen LogP contribution in [0.3, 0.4) is 0 Å². The van der Waals surface area contributed by atoms with E-state index in [0.29, 0.717) is 4.57 Å². The molecular weight excluding hydrogens is 285 g/mol. The van der Waals surface area contributed by atoms with Gasteiger partial charge in [-0.2, -0.15) is 13.2 Å². The minimum absolute atomic E-state index is 0.0749. The molecule has 2 aromatic rings. The van der Waals surface area contributed by atoms with Crippen LogP contribution in [0.5, 0.6) is 0 Å². The third-order valence-electron chi connectivity index (χ3n) is 2.46. The van der Waals surface area contributed by atoms with Crippen LogP contribution >= 0.6 is 11.3 Å². The highest BCUT2D eigenvalue weighted by molar-refractivity contribution is 7.20. The number of aromatic nitrogens is 2. The summed E-state index contributed by atoms with van der Waals surface area (Å²) in [5, 5.41) is 8.83. The molecule has 2 heterocycles. The second kappa shape index (κ2) is 4.34. The van der Waals surface area contributed by atoms with E-state index >= 15 is 0 Å². The Morgan fingerprint density at radius 3 is 2.68 bits per heavy atom. The summed E-state index contributed by atoms with van der Waals surface area (Å²) in [7, 11) is 0. The number of halogens is 3. The third kappa shape index (κ3) is 2.46. The lowest BCUT2D eigenvalue weighted by molar-refractivity contribution is -0.141.